The van der Waals surface area contributed by atoms with E-state index in [-0.39, 0.29) is 5.91 Å². The summed E-state index contributed by atoms with van der Waals surface area (Å²) in [6, 6.07) is 7.73. The second kappa shape index (κ2) is 6.91. The van der Waals surface area contributed by atoms with Crippen LogP contribution in [-0.2, 0) is 9.53 Å². The SMILES string of the molecule is Cc1cc(C)c(C=C2C(=O)N(CN3CCOCC3)c3ccc(Cl)cc32)[nH]1. The number of nitrogens with zero attached hydrogens (tertiary/aromatic N) is 2. The van der Waals surface area contributed by atoms with E-state index in [2.05, 4.69) is 16.0 Å². The lowest BCUT2D eigenvalue weighted by Gasteiger charge is -2.30. The predicted molar refractivity (Wildman–Crippen MR) is 104 cm³/mol. The van der Waals surface area contributed by atoms with Crippen LogP contribution >= 0.6 is 11.6 Å². The molecule has 1 saturated heterocycles. The topological polar surface area (TPSA) is 48.6 Å². The minimum Gasteiger partial charge on any atom is -0.379 e. The fraction of sp³-hybridized carbons (Fsp3) is 0.350. The summed E-state index contributed by atoms with van der Waals surface area (Å²) >= 11 is 6.22. The molecule has 136 valence electrons. The highest BCUT2D eigenvalue weighted by Gasteiger charge is 2.34. The molecule has 0 spiro atoms. The summed E-state index contributed by atoms with van der Waals surface area (Å²) in [5.74, 6) is 0.0143. The first-order valence-corrected chi connectivity index (χ1v) is 9.20. The van der Waals surface area contributed by atoms with E-state index in [4.69, 9.17) is 16.3 Å². The van der Waals surface area contributed by atoms with Crippen LogP contribution in [-0.4, -0.2) is 48.8 Å². The number of aromatic amines is 1. The van der Waals surface area contributed by atoms with Gasteiger partial charge in [-0.15, -0.1) is 0 Å². The largest absolute Gasteiger partial charge is 0.379 e. The van der Waals surface area contributed by atoms with Crippen LogP contribution in [0.25, 0.3) is 11.6 Å². The van der Waals surface area contributed by atoms with Crippen molar-refractivity contribution >= 4 is 34.8 Å². The number of morpholine rings is 1. The zero-order chi connectivity index (χ0) is 18.3. The van der Waals surface area contributed by atoms with Crippen LogP contribution in [0.4, 0.5) is 5.69 Å². The molecule has 4 rings (SSSR count). The van der Waals surface area contributed by atoms with Gasteiger partial charge in [-0.25, -0.2) is 0 Å². The van der Waals surface area contributed by atoms with Gasteiger partial charge in [0.05, 0.1) is 31.1 Å². The molecule has 26 heavy (non-hydrogen) atoms. The number of benzene rings is 1. The van der Waals surface area contributed by atoms with Crippen LogP contribution < -0.4 is 4.90 Å². The van der Waals surface area contributed by atoms with E-state index < -0.39 is 0 Å². The molecule has 0 saturated carbocycles. The molecule has 1 aromatic carbocycles. The van der Waals surface area contributed by atoms with Gasteiger partial charge in [-0.1, -0.05) is 11.6 Å². The Labute approximate surface area is 158 Å². The Morgan fingerprint density at radius 1 is 1.23 bits per heavy atom. The van der Waals surface area contributed by atoms with Crippen molar-refractivity contribution in [1.82, 2.24) is 9.88 Å². The first kappa shape index (κ1) is 17.3. The van der Waals surface area contributed by atoms with Crippen molar-refractivity contribution in [3.63, 3.8) is 0 Å². The lowest BCUT2D eigenvalue weighted by molar-refractivity contribution is -0.113. The average Bonchev–Trinajstić information content (AvgIpc) is 3.07. The van der Waals surface area contributed by atoms with Gasteiger partial charge in [0.15, 0.2) is 0 Å². The zero-order valence-electron chi connectivity index (χ0n) is 15.0. The predicted octanol–water partition coefficient (Wildman–Crippen LogP) is 3.46. The molecule has 0 bridgehead atoms. The highest BCUT2D eigenvalue weighted by molar-refractivity contribution is 6.37. The number of hydrogen-bond acceptors (Lipinski definition) is 3. The summed E-state index contributed by atoms with van der Waals surface area (Å²) in [4.78, 5) is 20.6. The Bertz CT molecular complexity index is 881. The fourth-order valence-electron chi connectivity index (χ4n) is 3.60. The maximum atomic E-state index is 13.2. The van der Waals surface area contributed by atoms with E-state index in [0.29, 0.717) is 30.5 Å². The van der Waals surface area contributed by atoms with Crippen molar-refractivity contribution in [2.24, 2.45) is 0 Å². The number of rotatable bonds is 3. The monoisotopic (exact) mass is 371 g/mol. The number of nitrogens with one attached hydrogen (secondary N) is 1. The third-order valence-electron chi connectivity index (χ3n) is 4.94. The minimum absolute atomic E-state index is 0.0143. The number of aryl methyl sites for hydroxylation is 2. The number of amides is 1. The number of ether oxygens (including phenoxy) is 1. The van der Waals surface area contributed by atoms with Crippen molar-refractivity contribution in [2.75, 3.05) is 37.9 Å². The normalized spacial score (nSPS) is 19.4. The van der Waals surface area contributed by atoms with E-state index in [1.165, 1.54) is 0 Å². The van der Waals surface area contributed by atoms with Gasteiger partial charge in [-0.05, 0) is 49.8 Å². The number of H-pyrrole nitrogens is 1. The molecule has 3 heterocycles. The van der Waals surface area contributed by atoms with Crippen molar-refractivity contribution in [3.8, 4) is 0 Å². The van der Waals surface area contributed by atoms with E-state index in [0.717, 1.165) is 41.3 Å². The number of anilines is 1. The lowest BCUT2D eigenvalue weighted by Crippen LogP contribution is -2.45. The van der Waals surface area contributed by atoms with Gasteiger partial charge in [0.2, 0.25) is 0 Å². The molecule has 0 atom stereocenters. The molecular weight excluding hydrogens is 350 g/mol. The Morgan fingerprint density at radius 3 is 2.69 bits per heavy atom. The van der Waals surface area contributed by atoms with E-state index in [1.54, 1.807) is 0 Å². The van der Waals surface area contributed by atoms with Crippen molar-refractivity contribution in [2.45, 2.75) is 13.8 Å². The van der Waals surface area contributed by atoms with E-state index >= 15 is 0 Å². The molecule has 0 radical (unpaired) electrons. The Kier molecular flexibility index (Phi) is 4.61. The molecule has 0 aliphatic carbocycles. The van der Waals surface area contributed by atoms with Crippen LogP contribution in [0.1, 0.15) is 22.5 Å². The number of halogens is 1. The third kappa shape index (κ3) is 3.18. The Morgan fingerprint density at radius 2 is 2.00 bits per heavy atom. The van der Waals surface area contributed by atoms with E-state index in [9.17, 15) is 4.79 Å². The van der Waals surface area contributed by atoms with Crippen LogP contribution in [0.2, 0.25) is 5.02 Å². The number of carbonyl (C=O) groups is 1. The molecule has 5 nitrogen and oxygen atoms in total. The van der Waals surface area contributed by atoms with Crippen LogP contribution in [0, 0.1) is 13.8 Å². The summed E-state index contributed by atoms with van der Waals surface area (Å²) < 4.78 is 5.41. The van der Waals surface area contributed by atoms with Gasteiger partial charge in [-0.2, -0.15) is 0 Å². The molecule has 1 fully saturated rings. The van der Waals surface area contributed by atoms with Crippen LogP contribution in [0.15, 0.2) is 24.3 Å². The van der Waals surface area contributed by atoms with Gasteiger partial charge in [-0.3, -0.25) is 14.6 Å². The molecule has 0 unspecified atom stereocenters. The molecular formula is C20H22ClN3O2. The maximum Gasteiger partial charge on any atom is 0.260 e. The number of aromatic nitrogens is 1. The van der Waals surface area contributed by atoms with Gasteiger partial charge in [0, 0.05) is 35.1 Å². The molecule has 1 amide bonds. The smallest absolute Gasteiger partial charge is 0.260 e. The second-order valence-electron chi connectivity index (χ2n) is 6.87. The highest BCUT2D eigenvalue weighted by atomic mass is 35.5. The fourth-order valence-corrected chi connectivity index (χ4v) is 3.77. The standard InChI is InChI=1S/C20H22ClN3O2/c1-13-9-14(2)22-18(13)11-17-16-10-15(21)3-4-19(16)24(20(17)25)12-23-5-7-26-8-6-23/h3-4,9-11,22H,5-8,12H2,1-2H3. The van der Waals surface area contributed by atoms with Crippen LogP contribution in [0.5, 0.6) is 0 Å². The van der Waals surface area contributed by atoms with Crippen LogP contribution in [0.3, 0.4) is 0 Å². The van der Waals surface area contributed by atoms with Gasteiger partial charge in [0.25, 0.3) is 5.91 Å². The molecule has 6 heteroatoms. The zero-order valence-corrected chi connectivity index (χ0v) is 15.8. The summed E-state index contributed by atoms with van der Waals surface area (Å²) in [6.45, 7) is 7.71. The summed E-state index contributed by atoms with van der Waals surface area (Å²) in [7, 11) is 0. The van der Waals surface area contributed by atoms with Gasteiger partial charge >= 0.3 is 0 Å². The van der Waals surface area contributed by atoms with Gasteiger partial charge < -0.3 is 9.72 Å². The van der Waals surface area contributed by atoms with Crippen molar-refractivity contribution in [3.05, 3.63) is 51.8 Å². The highest BCUT2D eigenvalue weighted by Crippen LogP contribution is 2.39. The average molecular weight is 372 g/mol. The van der Waals surface area contributed by atoms with Crippen molar-refractivity contribution in [1.29, 1.82) is 0 Å². The molecule has 1 N–H and O–H groups in total. The molecule has 2 aliphatic heterocycles. The van der Waals surface area contributed by atoms with Gasteiger partial charge in [0.1, 0.15) is 0 Å². The van der Waals surface area contributed by atoms with Crippen molar-refractivity contribution < 1.29 is 9.53 Å². The lowest BCUT2D eigenvalue weighted by atomic mass is 10.1. The summed E-state index contributed by atoms with van der Waals surface area (Å²) in [5.41, 5.74) is 5.65. The summed E-state index contributed by atoms with van der Waals surface area (Å²) in [6.07, 6.45) is 1.94. The number of carbonyl (C=O) groups excluding carboxylic acids is 1. The quantitative estimate of drug-likeness (QED) is 0.840. The second-order valence-corrected chi connectivity index (χ2v) is 7.31. The maximum absolute atomic E-state index is 13.2. The Hall–Kier alpha value is -2.08. The summed E-state index contributed by atoms with van der Waals surface area (Å²) in [5, 5.41) is 0.634. The minimum atomic E-state index is 0.0143. The first-order valence-electron chi connectivity index (χ1n) is 8.83. The first-order chi connectivity index (χ1) is 12.5. The molecule has 2 aromatic rings. The number of fused-ring (bicyclic) bond motifs is 1. The Balaban J connectivity index is 1.73. The molecule has 2 aliphatic rings. The number of hydrogen-bond donors (Lipinski definition) is 1. The third-order valence-corrected chi connectivity index (χ3v) is 5.17. The van der Waals surface area contributed by atoms with E-state index in [1.807, 2.05) is 43.0 Å². The molecule has 1 aromatic heterocycles.